The normalized spacial score (nSPS) is 19.2. The van der Waals surface area contributed by atoms with Crippen LogP contribution in [0.2, 0.25) is 5.15 Å². The third-order valence-electron chi connectivity index (χ3n) is 4.51. The first-order valence-corrected chi connectivity index (χ1v) is 8.32. The third-order valence-corrected chi connectivity index (χ3v) is 4.98. The zero-order chi connectivity index (χ0) is 15.9. The summed E-state index contributed by atoms with van der Waals surface area (Å²) in [5.41, 5.74) is 4.64. The molecule has 0 aliphatic carbocycles. The lowest BCUT2D eigenvalue weighted by Crippen LogP contribution is -2.22. The van der Waals surface area contributed by atoms with Gasteiger partial charge in [-0.2, -0.15) is 10.2 Å². The Labute approximate surface area is 136 Å². The van der Waals surface area contributed by atoms with E-state index in [2.05, 4.69) is 46.6 Å². The number of rotatable bonds is 4. The molecule has 6 heteroatoms. The standard InChI is InChI=1S/C16H24ClN5/c1-5-15-14(16(17)20(4)19-15)10-21-7-6-13(9-21)22-12(3)8-11(2)18-22/h8,13H,5-7,9-10H2,1-4H3/t13-/m0/s1. The van der Waals surface area contributed by atoms with Crippen LogP contribution in [-0.2, 0) is 20.0 Å². The van der Waals surface area contributed by atoms with Crippen LogP contribution < -0.4 is 0 Å². The maximum absolute atomic E-state index is 6.41. The summed E-state index contributed by atoms with van der Waals surface area (Å²) < 4.78 is 3.96. The Morgan fingerprint density at radius 2 is 2.09 bits per heavy atom. The van der Waals surface area contributed by atoms with Gasteiger partial charge in [0.2, 0.25) is 0 Å². The molecule has 22 heavy (non-hydrogen) atoms. The third kappa shape index (κ3) is 2.79. The largest absolute Gasteiger partial charge is 0.297 e. The maximum Gasteiger partial charge on any atom is 0.131 e. The Morgan fingerprint density at radius 3 is 2.73 bits per heavy atom. The highest BCUT2D eigenvalue weighted by molar-refractivity contribution is 6.30. The van der Waals surface area contributed by atoms with Crippen molar-refractivity contribution in [1.82, 2.24) is 24.5 Å². The fourth-order valence-corrected chi connectivity index (χ4v) is 3.64. The van der Waals surface area contributed by atoms with Gasteiger partial charge in [-0.1, -0.05) is 18.5 Å². The van der Waals surface area contributed by atoms with Crippen LogP contribution in [0.25, 0.3) is 0 Å². The first-order chi connectivity index (χ1) is 10.5. The molecule has 5 nitrogen and oxygen atoms in total. The molecule has 3 rings (SSSR count). The van der Waals surface area contributed by atoms with E-state index in [-0.39, 0.29) is 0 Å². The van der Waals surface area contributed by atoms with Crippen molar-refractivity contribution in [2.45, 2.75) is 46.2 Å². The van der Waals surface area contributed by atoms with E-state index >= 15 is 0 Å². The lowest BCUT2D eigenvalue weighted by Gasteiger charge is -2.17. The van der Waals surface area contributed by atoms with E-state index in [1.165, 1.54) is 11.3 Å². The van der Waals surface area contributed by atoms with Gasteiger partial charge < -0.3 is 0 Å². The molecule has 0 radical (unpaired) electrons. The van der Waals surface area contributed by atoms with E-state index in [9.17, 15) is 0 Å². The molecule has 1 aliphatic heterocycles. The molecule has 0 saturated carbocycles. The number of nitrogens with zero attached hydrogens (tertiary/aromatic N) is 5. The van der Waals surface area contributed by atoms with Gasteiger partial charge in [0.05, 0.1) is 17.4 Å². The molecule has 2 aromatic heterocycles. The first kappa shape index (κ1) is 15.6. The second-order valence-corrected chi connectivity index (χ2v) is 6.60. The Balaban J connectivity index is 1.73. The number of hydrogen-bond donors (Lipinski definition) is 0. The van der Waals surface area contributed by atoms with Crippen LogP contribution in [0.15, 0.2) is 6.07 Å². The molecule has 120 valence electrons. The van der Waals surface area contributed by atoms with E-state index in [4.69, 9.17) is 11.6 Å². The van der Waals surface area contributed by atoms with Gasteiger partial charge in [0.1, 0.15) is 5.15 Å². The van der Waals surface area contributed by atoms with Gasteiger partial charge in [-0.3, -0.25) is 14.3 Å². The molecule has 0 bridgehead atoms. The average Bonchev–Trinajstić information content (AvgIpc) is 3.13. The van der Waals surface area contributed by atoms with Crippen molar-refractivity contribution in [1.29, 1.82) is 0 Å². The highest BCUT2D eigenvalue weighted by atomic mass is 35.5. The summed E-state index contributed by atoms with van der Waals surface area (Å²) >= 11 is 6.41. The zero-order valence-corrected chi connectivity index (χ0v) is 14.6. The number of aromatic nitrogens is 4. The van der Waals surface area contributed by atoms with Crippen molar-refractivity contribution < 1.29 is 0 Å². The Bertz CT molecular complexity index is 672. The first-order valence-electron chi connectivity index (χ1n) is 7.95. The van der Waals surface area contributed by atoms with Crippen LogP contribution in [0.5, 0.6) is 0 Å². The van der Waals surface area contributed by atoms with Gasteiger partial charge in [-0.05, 0) is 32.8 Å². The summed E-state index contributed by atoms with van der Waals surface area (Å²) in [6.45, 7) is 9.30. The highest BCUT2D eigenvalue weighted by Crippen LogP contribution is 2.27. The molecule has 0 N–H and O–H groups in total. The summed E-state index contributed by atoms with van der Waals surface area (Å²) in [6, 6.07) is 2.62. The second kappa shape index (κ2) is 6.05. The molecule has 1 atom stereocenters. The van der Waals surface area contributed by atoms with Gasteiger partial charge in [-0.15, -0.1) is 0 Å². The molecule has 1 aliphatic rings. The smallest absolute Gasteiger partial charge is 0.131 e. The number of likely N-dealkylation sites (tertiary alicyclic amines) is 1. The fourth-order valence-electron chi connectivity index (χ4n) is 3.44. The van der Waals surface area contributed by atoms with Crippen molar-refractivity contribution in [3.63, 3.8) is 0 Å². The Hall–Kier alpha value is -1.33. The quantitative estimate of drug-likeness (QED) is 0.869. The molecule has 3 heterocycles. The van der Waals surface area contributed by atoms with Crippen LogP contribution in [0, 0.1) is 13.8 Å². The summed E-state index contributed by atoms with van der Waals surface area (Å²) in [6.07, 6.45) is 2.06. The molecule has 0 amide bonds. The van der Waals surface area contributed by atoms with E-state index in [1.54, 1.807) is 4.68 Å². The van der Waals surface area contributed by atoms with E-state index in [1.807, 2.05) is 7.05 Å². The SMILES string of the molecule is CCc1nn(C)c(Cl)c1CN1CC[C@H](n2nc(C)cc2C)C1. The molecular formula is C16H24ClN5. The van der Waals surface area contributed by atoms with Crippen molar-refractivity contribution in [3.8, 4) is 0 Å². The maximum atomic E-state index is 6.41. The predicted molar refractivity (Wildman–Crippen MR) is 88.2 cm³/mol. The summed E-state index contributed by atoms with van der Waals surface area (Å²) in [4.78, 5) is 2.46. The number of halogens is 1. The van der Waals surface area contributed by atoms with Gasteiger partial charge in [0.25, 0.3) is 0 Å². The van der Waals surface area contributed by atoms with Gasteiger partial charge >= 0.3 is 0 Å². The highest BCUT2D eigenvalue weighted by Gasteiger charge is 2.27. The summed E-state index contributed by atoms with van der Waals surface area (Å²) in [5, 5.41) is 9.91. The van der Waals surface area contributed by atoms with Crippen LogP contribution >= 0.6 is 11.6 Å². The zero-order valence-electron chi connectivity index (χ0n) is 13.8. The lowest BCUT2D eigenvalue weighted by atomic mass is 10.2. The molecule has 1 fully saturated rings. The van der Waals surface area contributed by atoms with Crippen LogP contribution in [-0.4, -0.2) is 37.6 Å². The molecule has 0 unspecified atom stereocenters. The lowest BCUT2D eigenvalue weighted by molar-refractivity contribution is 0.309. The molecular weight excluding hydrogens is 298 g/mol. The van der Waals surface area contributed by atoms with Crippen molar-refractivity contribution in [2.75, 3.05) is 13.1 Å². The fraction of sp³-hybridized carbons (Fsp3) is 0.625. The van der Waals surface area contributed by atoms with Crippen molar-refractivity contribution in [3.05, 3.63) is 33.9 Å². The van der Waals surface area contributed by atoms with E-state index < -0.39 is 0 Å². The minimum Gasteiger partial charge on any atom is -0.297 e. The monoisotopic (exact) mass is 321 g/mol. The van der Waals surface area contributed by atoms with Crippen LogP contribution in [0.1, 0.15) is 42.0 Å². The predicted octanol–water partition coefficient (Wildman–Crippen LogP) is 2.90. The molecule has 1 saturated heterocycles. The molecule has 0 spiro atoms. The average molecular weight is 322 g/mol. The summed E-state index contributed by atoms with van der Waals surface area (Å²) in [5.74, 6) is 0. The number of hydrogen-bond acceptors (Lipinski definition) is 3. The Kier molecular flexibility index (Phi) is 4.28. The minimum atomic E-state index is 0.467. The number of aryl methyl sites for hydroxylation is 4. The van der Waals surface area contributed by atoms with Crippen molar-refractivity contribution >= 4 is 11.6 Å². The van der Waals surface area contributed by atoms with Crippen molar-refractivity contribution in [2.24, 2.45) is 7.05 Å². The van der Waals surface area contributed by atoms with Crippen LogP contribution in [0.4, 0.5) is 0 Å². The molecule has 2 aromatic rings. The molecule has 0 aromatic carbocycles. The van der Waals surface area contributed by atoms with Gasteiger partial charge in [0.15, 0.2) is 0 Å². The van der Waals surface area contributed by atoms with Gasteiger partial charge in [-0.25, -0.2) is 0 Å². The Morgan fingerprint density at radius 1 is 1.32 bits per heavy atom. The topological polar surface area (TPSA) is 38.9 Å². The summed E-state index contributed by atoms with van der Waals surface area (Å²) in [7, 11) is 1.91. The van der Waals surface area contributed by atoms with Crippen LogP contribution in [0.3, 0.4) is 0 Å². The van der Waals surface area contributed by atoms with Gasteiger partial charge in [0, 0.05) is 37.9 Å². The second-order valence-electron chi connectivity index (χ2n) is 6.24. The van der Waals surface area contributed by atoms with E-state index in [0.717, 1.165) is 49.0 Å². The minimum absolute atomic E-state index is 0.467. The van der Waals surface area contributed by atoms with E-state index in [0.29, 0.717) is 6.04 Å².